The number of rotatable bonds is 1. The van der Waals surface area contributed by atoms with Gasteiger partial charge < -0.3 is 0 Å². The number of Topliss-reactive ketones (excluding diaryl/α,β-unsaturated/α-hetero) is 2. The second kappa shape index (κ2) is 4.71. The molecule has 0 unspecified atom stereocenters. The Kier molecular flexibility index (Phi) is 2.78. The van der Waals surface area contributed by atoms with Crippen LogP contribution in [0.25, 0.3) is 16.9 Å². The van der Waals surface area contributed by atoms with Gasteiger partial charge in [0.2, 0.25) is 11.6 Å². The Balaban J connectivity index is 2.06. The molecule has 0 saturated heterocycles. The second-order valence-electron chi connectivity index (χ2n) is 5.40. The molecule has 0 amide bonds. The summed E-state index contributed by atoms with van der Waals surface area (Å²) in [6.45, 7) is 1.69. The Labute approximate surface area is 131 Å². The van der Waals surface area contributed by atoms with Crippen LogP contribution >= 0.6 is 0 Å². The molecule has 0 fully saturated rings. The molecule has 5 heteroatoms. The molecule has 0 saturated carbocycles. The van der Waals surface area contributed by atoms with E-state index in [2.05, 4.69) is 5.10 Å². The monoisotopic (exact) mass is 306 g/mol. The van der Waals surface area contributed by atoms with Crippen LogP contribution in [0.5, 0.6) is 0 Å². The second-order valence-corrected chi connectivity index (χ2v) is 5.40. The van der Waals surface area contributed by atoms with E-state index < -0.39 is 11.6 Å². The summed E-state index contributed by atoms with van der Waals surface area (Å²) < 4.78 is 14.8. The van der Waals surface area contributed by atoms with E-state index >= 15 is 0 Å². The van der Waals surface area contributed by atoms with Crippen LogP contribution in [0, 0.1) is 12.7 Å². The Morgan fingerprint density at radius 1 is 0.913 bits per heavy atom. The molecule has 1 aliphatic carbocycles. The highest BCUT2D eigenvalue weighted by atomic mass is 19.1. The number of fused-ring (bicyclic) bond motifs is 3. The molecule has 0 radical (unpaired) electrons. The third-order valence-electron chi connectivity index (χ3n) is 3.99. The van der Waals surface area contributed by atoms with Gasteiger partial charge in [-0.25, -0.2) is 9.07 Å². The fraction of sp³-hybridized carbons (Fsp3) is 0.0556. The molecule has 1 aliphatic rings. The number of hydrogen-bond acceptors (Lipinski definition) is 3. The Hall–Kier alpha value is -3.08. The fourth-order valence-corrected chi connectivity index (χ4v) is 2.94. The van der Waals surface area contributed by atoms with E-state index in [0.29, 0.717) is 33.8 Å². The van der Waals surface area contributed by atoms with Crippen LogP contribution in [0.15, 0.2) is 48.5 Å². The van der Waals surface area contributed by atoms with Gasteiger partial charge in [-0.3, -0.25) is 9.59 Å². The molecule has 0 bridgehead atoms. The highest BCUT2D eigenvalue weighted by Crippen LogP contribution is 2.36. The van der Waals surface area contributed by atoms with Crippen LogP contribution in [0.3, 0.4) is 0 Å². The van der Waals surface area contributed by atoms with Crippen molar-refractivity contribution in [1.29, 1.82) is 0 Å². The fourth-order valence-electron chi connectivity index (χ4n) is 2.94. The van der Waals surface area contributed by atoms with Crippen molar-refractivity contribution in [2.24, 2.45) is 0 Å². The molecule has 3 aromatic rings. The number of aryl methyl sites for hydroxylation is 1. The standard InChI is InChI=1S/C18H11FN2O2/c1-10-15-16(21(20-10)12-8-6-11(19)7-9-12)13-4-2-3-5-14(13)17(22)18(15)23/h2-9H,1H3. The lowest BCUT2D eigenvalue weighted by atomic mass is 9.87. The molecule has 0 spiro atoms. The number of benzene rings is 2. The van der Waals surface area contributed by atoms with Gasteiger partial charge in [0.1, 0.15) is 5.82 Å². The Morgan fingerprint density at radius 2 is 1.57 bits per heavy atom. The minimum atomic E-state index is -0.551. The number of carbonyl (C=O) groups is 2. The maximum Gasteiger partial charge on any atom is 0.237 e. The van der Waals surface area contributed by atoms with Gasteiger partial charge in [0.15, 0.2) is 0 Å². The van der Waals surface area contributed by atoms with Gasteiger partial charge >= 0.3 is 0 Å². The SMILES string of the molecule is Cc1nn(-c2ccc(F)cc2)c2c1C(=O)C(=O)c1ccccc1-2. The summed E-state index contributed by atoms with van der Waals surface area (Å²) in [6, 6.07) is 12.8. The van der Waals surface area contributed by atoms with E-state index in [1.165, 1.54) is 12.1 Å². The number of halogens is 1. The van der Waals surface area contributed by atoms with Gasteiger partial charge in [-0.15, -0.1) is 0 Å². The summed E-state index contributed by atoms with van der Waals surface area (Å²) in [4.78, 5) is 24.7. The predicted octanol–water partition coefficient (Wildman–Crippen LogP) is 3.37. The van der Waals surface area contributed by atoms with Crippen LogP contribution in [-0.2, 0) is 0 Å². The van der Waals surface area contributed by atoms with Crippen molar-refractivity contribution in [3.05, 3.63) is 71.2 Å². The third-order valence-corrected chi connectivity index (χ3v) is 3.99. The van der Waals surface area contributed by atoms with Crippen molar-refractivity contribution in [2.75, 3.05) is 0 Å². The normalized spacial score (nSPS) is 13.0. The molecule has 0 atom stereocenters. The molecule has 4 nitrogen and oxygen atoms in total. The summed E-state index contributed by atoms with van der Waals surface area (Å²) >= 11 is 0. The smallest absolute Gasteiger partial charge is 0.237 e. The van der Waals surface area contributed by atoms with Crippen molar-refractivity contribution < 1.29 is 14.0 Å². The first kappa shape index (κ1) is 13.6. The van der Waals surface area contributed by atoms with Gasteiger partial charge in [0.05, 0.1) is 22.6 Å². The van der Waals surface area contributed by atoms with Crippen LogP contribution in [0.4, 0.5) is 4.39 Å². The molecule has 23 heavy (non-hydrogen) atoms. The average molecular weight is 306 g/mol. The van der Waals surface area contributed by atoms with Crippen molar-refractivity contribution in [1.82, 2.24) is 9.78 Å². The Bertz CT molecular complexity index is 971. The topological polar surface area (TPSA) is 52.0 Å². The van der Waals surface area contributed by atoms with E-state index in [4.69, 9.17) is 0 Å². The number of nitrogens with zero attached hydrogens (tertiary/aromatic N) is 2. The van der Waals surface area contributed by atoms with Gasteiger partial charge in [0.25, 0.3) is 0 Å². The summed E-state index contributed by atoms with van der Waals surface area (Å²) in [7, 11) is 0. The number of ketones is 2. The first-order valence-corrected chi connectivity index (χ1v) is 7.12. The van der Waals surface area contributed by atoms with Crippen LogP contribution in [0.2, 0.25) is 0 Å². The molecular formula is C18H11FN2O2. The largest absolute Gasteiger partial charge is 0.285 e. The van der Waals surface area contributed by atoms with E-state index in [1.54, 1.807) is 41.9 Å². The molecule has 1 aromatic heterocycles. The zero-order valence-electron chi connectivity index (χ0n) is 12.2. The summed E-state index contributed by atoms with van der Waals surface area (Å²) in [6.07, 6.45) is 0. The Morgan fingerprint density at radius 3 is 2.26 bits per heavy atom. The molecule has 0 aliphatic heterocycles. The average Bonchev–Trinajstić information content (AvgIpc) is 2.91. The van der Waals surface area contributed by atoms with E-state index in [1.807, 2.05) is 6.07 Å². The van der Waals surface area contributed by atoms with Crippen LogP contribution in [-0.4, -0.2) is 21.3 Å². The van der Waals surface area contributed by atoms with Crippen molar-refractivity contribution in [2.45, 2.75) is 6.92 Å². The first-order valence-electron chi connectivity index (χ1n) is 7.12. The summed E-state index contributed by atoms with van der Waals surface area (Å²) in [5, 5.41) is 4.40. The molecule has 0 N–H and O–H groups in total. The molecular weight excluding hydrogens is 295 g/mol. The first-order chi connectivity index (χ1) is 11.1. The summed E-state index contributed by atoms with van der Waals surface area (Å²) in [5.74, 6) is -1.42. The van der Waals surface area contributed by atoms with Crippen molar-refractivity contribution in [3.8, 4) is 16.9 Å². The number of hydrogen-bond donors (Lipinski definition) is 0. The number of aromatic nitrogens is 2. The lowest BCUT2D eigenvalue weighted by molar-refractivity contribution is 0.0815. The van der Waals surface area contributed by atoms with Crippen molar-refractivity contribution in [3.63, 3.8) is 0 Å². The molecule has 2 aromatic carbocycles. The van der Waals surface area contributed by atoms with E-state index in [-0.39, 0.29) is 5.82 Å². The minimum absolute atomic E-state index is 0.318. The van der Waals surface area contributed by atoms with Gasteiger partial charge in [-0.05, 0) is 31.2 Å². The highest BCUT2D eigenvalue weighted by Gasteiger charge is 2.35. The molecule has 4 rings (SSSR count). The van der Waals surface area contributed by atoms with Crippen LogP contribution in [0.1, 0.15) is 26.4 Å². The zero-order chi connectivity index (χ0) is 16.1. The lowest BCUT2D eigenvalue weighted by Gasteiger charge is -2.16. The molecule has 112 valence electrons. The predicted molar refractivity (Wildman–Crippen MR) is 82.4 cm³/mol. The lowest BCUT2D eigenvalue weighted by Crippen LogP contribution is -2.22. The maximum atomic E-state index is 13.2. The minimum Gasteiger partial charge on any atom is -0.285 e. The van der Waals surface area contributed by atoms with Gasteiger partial charge in [0, 0.05) is 11.1 Å². The molecule has 1 heterocycles. The zero-order valence-corrected chi connectivity index (χ0v) is 12.2. The highest BCUT2D eigenvalue weighted by molar-refractivity contribution is 6.53. The van der Waals surface area contributed by atoms with Gasteiger partial charge in [-0.1, -0.05) is 24.3 Å². The van der Waals surface area contributed by atoms with E-state index in [0.717, 1.165) is 0 Å². The van der Waals surface area contributed by atoms with Crippen LogP contribution < -0.4 is 0 Å². The van der Waals surface area contributed by atoms with Crippen molar-refractivity contribution >= 4 is 11.6 Å². The maximum absolute atomic E-state index is 13.2. The quantitative estimate of drug-likeness (QED) is 0.648. The van der Waals surface area contributed by atoms with Gasteiger partial charge in [-0.2, -0.15) is 5.10 Å². The third kappa shape index (κ3) is 1.86. The van der Waals surface area contributed by atoms with E-state index in [9.17, 15) is 14.0 Å². The number of carbonyl (C=O) groups excluding carboxylic acids is 2. The summed E-state index contributed by atoms with van der Waals surface area (Å²) in [5.41, 5.74) is 3.04.